The number of rotatable bonds is 4. The number of phenolic OH excluding ortho intramolecular Hbond substituents is 1. The fourth-order valence-corrected chi connectivity index (χ4v) is 3.34. The number of nitrogen functional groups attached to an aromatic ring is 1. The number of nitrogens with one attached hydrogen (secondary N) is 1. The lowest BCUT2D eigenvalue weighted by atomic mass is 10.2. The maximum absolute atomic E-state index is 12.2. The van der Waals surface area contributed by atoms with Gasteiger partial charge in [-0.2, -0.15) is 5.10 Å². The Bertz CT molecular complexity index is 987. The molecule has 0 atom stereocenters. The molecule has 0 aliphatic rings. The summed E-state index contributed by atoms with van der Waals surface area (Å²) in [5, 5.41) is 14.3. The van der Waals surface area contributed by atoms with Crippen LogP contribution in [0.15, 0.2) is 39.9 Å². The van der Waals surface area contributed by atoms with Crippen molar-refractivity contribution in [1.82, 2.24) is 10.4 Å². The molecule has 0 fully saturated rings. The van der Waals surface area contributed by atoms with E-state index in [2.05, 4.69) is 31.4 Å². The first-order chi connectivity index (χ1) is 12.0. The second-order valence-corrected chi connectivity index (χ2v) is 6.81. The number of thiazole rings is 1. The van der Waals surface area contributed by atoms with Crippen LogP contribution in [0.25, 0.3) is 10.2 Å². The molecule has 4 N–H and O–H groups in total. The van der Waals surface area contributed by atoms with E-state index in [1.54, 1.807) is 30.3 Å². The maximum Gasteiger partial charge on any atom is 0.271 e. The zero-order chi connectivity index (χ0) is 18.0. The Labute approximate surface area is 155 Å². The summed E-state index contributed by atoms with van der Waals surface area (Å²) in [6, 6.07) is 8.40. The highest BCUT2D eigenvalue weighted by atomic mass is 79.9. The molecule has 0 aliphatic heterocycles. The van der Waals surface area contributed by atoms with Crippen LogP contribution < -0.4 is 15.9 Å². The molecule has 0 spiro atoms. The number of carbonyl (C=O) groups is 1. The van der Waals surface area contributed by atoms with Crippen LogP contribution in [0.2, 0.25) is 0 Å². The van der Waals surface area contributed by atoms with Crippen molar-refractivity contribution in [2.24, 2.45) is 5.10 Å². The Morgan fingerprint density at radius 3 is 3.00 bits per heavy atom. The number of methoxy groups -OCH3 is 1. The van der Waals surface area contributed by atoms with Crippen molar-refractivity contribution in [2.75, 3.05) is 12.8 Å². The molecule has 0 aliphatic carbocycles. The minimum Gasteiger partial charge on any atom is -0.503 e. The van der Waals surface area contributed by atoms with Gasteiger partial charge >= 0.3 is 0 Å². The van der Waals surface area contributed by atoms with Gasteiger partial charge in [-0.3, -0.25) is 4.79 Å². The van der Waals surface area contributed by atoms with E-state index < -0.39 is 0 Å². The zero-order valence-electron chi connectivity index (χ0n) is 13.0. The van der Waals surface area contributed by atoms with Gasteiger partial charge in [-0.15, -0.1) is 0 Å². The van der Waals surface area contributed by atoms with E-state index in [1.165, 1.54) is 24.7 Å². The number of benzene rings is 2. The molecule has 1 aromatic heterocycles. The molecule has 9 heteroatoms. The Morgan fingerprint density at radius 2 is 2.24 bits per heavy atom. The number of halogens is 1. The number of hydrazone groups is 1. The first kappa shape index (κ1) is 17.2. The first-order valence-electron chi connectivity index (χ1n) is 7.04. The highest BCUT2D eigenvalue weighted by Gasteiger charge is 2.10. The van der Waals surface area contributed by atoms with E-state index in [1.807, 2.05) is 0 Å². The van der Waals surface area contributed by atoms with E-state index in [0.29, 0.717) is 26.5 Å². The third kappa shape index (κ3) is 3.57. The van der Waals surface area contributed by atoms with Gasteiger partial charge in [0.25, 0.3) is 5.91 Å². The van der Waals surface area contributed by atoms with Crippen molar-refractivity contribution in [1.29, 1.82) is 0 Å². The normalized spacial score (nSPS) is 11.1. The first-order valence-corrected chi connectivity index (χ1v) is 8.65. The summed E-state index contributed by atoms with van der Waals surface area (Å²) >= 11 is 4.58. The van der Waals surface area contributed by atoms with Gasteiger partial charge in [0, 0.05) is 11.1 Å². The standard InChI is InChI=1S/C16H13BrN4O3S/c1-24-11-5-3-9(13(17)14(11)22)7-19-21-15(23)8-2-4-10-12(6-8)25-16(18)20-10/h2-7,22H,1H3,(H2,18,20)(H,21,23)/b19-7-. The molecule has 0 unspecified atom stereocenters. The van der Waals surface area contributed by atoms with Gasteiger partial charge in [-0.25, -0.2) is 10.4 Å². The summed E-state index contributed by atoms with van der Waals surface area (Å²) in [6.45, 7) is 0. The number of nitrogens with zero attached hydrogens (tertiary/aromatic N) is 2. The van der Waals surface area contributed by atoms with E-state index in [-0.39, 0.29) is 11.7 Å². The molecule has 25 heavy (non-hydrogen) atoms. The van der Waals surface area contributed by atoms with Gasteiger partial charge in [-0.05, 0) is 46.3 Å². The quantitative estimate of drug-likeness (QED) is 0.443. The molecule has 2 aromatic carbocycles. The van der Waals surface area contributed by atoms with E-state index >= 15 is 0 Å². The summed E-state index contributed by atoms with van der Waals surface area (Å²) in [4.78, 5) is 16.3. The maximum atomic E-state index is 12.2. The van der Waals surface area contributed by atoms with Crippen molar-refractivity contribution in [2.45, 2.75) is 0 Å². The second-order valence-electron chi connectivity index (χ2n) is 4.95. The monoisotopic (exact) mass is 420 g/mol. The predicted octanol–water partition coefficient (Wildman–Crippen LogP) is 3.12. The summed E-state index contributed by atoms with van der Waals surface area (Å²) in [6.07, 6.45) is 1.42. The van der Waals surface area contributed by atoms with E-state index in [0.717, 1.165) is 10.2 Å². The number of fused-ring (bicyclic) bond motifs is 1. The highest BCUT2D eigenvalue weighted by molar-refractivity contribution is 9.10. The number of hydrogen-bond acceptors (Lipinski definition) is 7. The Morgan fingerprint density at radius 1 is 1.44 bits per heavy atom. The van der Waals surface area contributed by atoms with Gasteiger partial charge in [0.1, 0.15) is 0 Å². The number of anilines is 1. The molecule has 3 aromatic rings. The van der Waals surface area contributed by atoms with E-state index in [9.17, 15) is 9.90 Å². The Balaban J connectivity index is 1.74. The lowest BCUT2D eigenvalue weighted by Gasteiger charge is -2.06. The molecule has 1 amide bonds. The van der Waals surface area contributed by atoms with Gasteiger partial charge in [0.05, 0.1) is 28.0 Å². The van der Waals surface area contributed by atoms with Crippen LogP contribution in [0.1, 0.15) is 15.9 Å². The molecule has 1 heterocycles. The van der Waals surface area contributed by atoms with Crippen molar-refractivity contribution >= 4 is 54.7 Å². The number of ether oxygens (including phenoxy) is 1. The molecular formula is C16H13BrN4O3S. The smallest absolute Gasteiger partial charge is 0.271 e. The van der Waals surface area contributed by atoms with Gasteiger partial charge < -0.3 is 15.6 Å². The fraction of sp³-hybridized carbons (Fsp3) is 0.0625. The van der Waals surface area contributed by atoms with Gasteiger partial charge in [0.2, 0.25) is 0 Å². The van der Waals surface area contributed by atoms with Crippen molar-refractivity contribution in [3.63, 3.8) is 0 Å². The number of phenols is 1. The number of amides is 1. The summed E-state index contributed by atoms with van der Waals surface area (Å²) in [5.74, 6) is -0.0600. The largest absolute Gasteiger partial charge is 0.503 e. The Kier molecular flexibility index (Phi) is 4.86. The van der Waals surface area contributed by atoms with Crippen LogP contribution in [0.4, 0.5) is 5.13 Å². The summed E-state index contributed by atoms with van der Waals surface area (Å²) < 4.78 is 6.26. The lowest BCUT2D eigenvalue weighted by molar-refractivity contribution is 0.0955. The van der Waals surface area contributed by atoms with Crippen LogP contribution in [0, 0.1) is 0 Å². The number of aromatic hydroxyl groups is 1. The highest BCUT2D eigenvalue weighted by Crippen LogP contribution is 2.35. The molecule has 128 valence electrons. The van der Waals surface area contributed by atoms with Crippen LogP contribution in [-0.4, -0.2) is 29.3 Å². The minimum atomic E-state index is -0.362. The van der Waals surface area contributed by atoms with Crippen molar-refractivity contribution in [3.05, 3.63) is 45.9 Å². The van der Waals surface area contributed by atoms with Crippen LogP contribution >= 0.6 is 27.3 Å². The van der Waals surface area contributed by atoms with Crippen molar-refractivity contribution in [3.8, 4) is 11.5 Å². The molecule has 0 radical (unpaired) electrons. The molecule has 7 nitrogen and oxygen atoms in total. The Hall–Kier alpha value is -2.65. The SMILES string of the molecule is COc1ccc(/C=N\NC(=O)c2ccc3nc(N)sc3c2)c(Br)c1O. The van der Waals surface area contributed by atoms with Crippen LogP contribution in [0.5, 0.6) is 11.5 Å². The fourth-order valence-electron chi connectivity index (χ4n) is 2.14. The minimum absolute atomic E-state index is 0.0361. The summed E-state index contributed by atoms with van der Waals surface area (Å²) in [5.41, 5.74) is 9.89. The molecule has 0 saturated heterocycles. The summed E-state index contributed by atoms with van der Waals surface area (Å²) in [7, 11) is 1.46. The van der Waals surface area contributed by atoms with Gasteiger partial charge in [0.15, 0.2) is 16.6 Å². The molecule has 3 rings (SSSR count). The molecule has 0 bridgehead atoms. The lowest BCUT2D eigenvalue weighted by Crippen LogP contribution is -2.17. The molecular weight excluding hydrogens is 408 g/mol. The van der Waals surface area contributed by atoms with Gasteiger partial charge in [-0.1, -0.05) is 11.3 Å². The van der Waals surface area contributed by atoms with Crippen LogP contribution in [-0.2, 0) is 0 Å². The number of aromatic nitrogens is 1. The average Bonchev–Trinajstić information content (AvgIpc) is 2.97. The number of carbonyl (C=O) groups excluding carboxylic acids is 1. The molecule has 0 saturated carbocycles. The van der Waals surface area contributed by atoms with E-state index in [4.69, 9.17) is 10.5 Å². The topological polar surface area (TPSA) is 110 Å². The second kappa shape index (κ2) is 7.08. The number of hydrogen-bond donors (Lipinski definition) is 3. The predicted molar refractivity (Wildman–Crippen MR) is 101 cm³/mol. The van der Waals surface area contributed by atoms with Crippen LogP contribution in [0.3, 0.4) is 0 Å². The third-order valence-electron chi connectivity index (χ3n) is 3.37. The third-order valence-corrected chi connectivity index (χ3v) is 5.05. The zero-order valence-corrected chi connectivity index (χ0v) is 15.4. The van der Waals surface area contributed by atoms with Crippen molar-refractivity contribution < 1.29 is 14.6 Å². The average molecular weight is 421 g/mol. The number of nitrogens with two attached hydrogens (primary N) is 1.